The third kappa shape index (κ3) is 3.41. The van der Waals surface area contributed by atoms with Crippen LogP contribution in [0.5, 0.6) is 0 Å². The molecule has 1 aliphatic heterocycles. The van der Waals surface area contributed by atoms with Crippen LogP contribution in [-0.4, -0.2) is 34.1 Å². The summed E-state index contributed by atoms with van der Waals surface area (Å²) in [5.74, 6) is -0.723. The number of aliphatic imine (C=N–C) groups is 1. The zero-order valence-electron chi connectivity index (χ0n) is 11.1. The monoisotopic (exact) mass is 292 g/mol. The highest BCUT2D eigenvalue weighted by Crippen LogP contribution is 2.25. The number of esters is 1. The fraction of sp³-hybridized carbons (Fsp3) is 0.250. The number of aryl methyl sites for hydroxylation is 2. The van der Waals surface area contributed by atoms with E-state index in [1.165, 1.54) is 7.11 Å². The first-order valence-electron chi connectivity index (χ1n) is 5.68. The van der Waals surface area contributed by atoms with E-state index < -0.39 is 11.9 Å². The van der Waals surface area contributed by atoms with E-state index in [1.54, 1.807) is 0 Å². The lowest BCUT2D eigenvalue weighted by atomic mass is 10.4. The maximum Gasteiger partial charge on any atom is 0.331 e. The first-order valence-corrected chi connectivity index (χ1v) is 6.49. The maximum atomic E-state index is 11.6. The molecule has 0 bridgehead atoms. The first-order chi connectivity index (χ1) is 9.47. The minimum absolute atomic E-state index is 0.222. The second-order valence-corrected chi connectivity index (χ2v) is 4.99. The van der Waals surface area contributed by atoms with Crippen LogP contribution < -0.4 is 5.32 Å². The largest absolute Gasteiger partial charge is 0.466 e. The summed E-state index contributed by atoms with van der Waals surface area (Å²) >= 11 is 1.04. The molecule has 1 amide bonds. The first kappa shape index (κ1) is 14.2. The highest BCUT2D eigenvalue weighted by atomic mass is 32.2. The molecule has 1 aliphatic rings. The summed E-state index contributed by atoms with van der Waals surface area (Å²) in [5.41, 5.74) is 1.58. The molecule has 1 fully saturated rings. The van der Waals surface area contributed by atoms with Crippen LogP contribution in [0.15, 0.2) is 22.0 Å². The van der Waals surface area contributed by atoms with Crippen molar-refractivity contribution in [2.24, 2.45) is 4.99 Å². The molecule has 8 heteroatoms. The molecule has 1 saturated heterocycles. The van der Waals surface area contributed by atoms with Gasteiger partial charge in [-0.05, 0) is 31.7 Å². The molecule has 0 unspecified atom stereocenters. The molecule has 20 heavy (non-hydrogen) atoms. The number of amidine groups is 1. The quantitative estimate of drug-likeness (QED) is 0.645. The summed E-state index contributed by atoms with van der Waals surface area (Å²) in [6.45, 7) is 3.67. The molecule has 0 atom stereocenters. The normalized spacial score (nSPS) is 18.4. The Kier molecular flexibility index (Phi) is 4.14. The summed E-state index contributed by atoms with van der Waals surface area (Å²) in [7, 11) is 1.25. The van der Waals surface area contributed by atoms with Crippen LogP contribution in [-0.2, 0) is 14.3 Å². The molecule has 0 spiro atoms. The Balaban J connectivity index is 2.23. The molecule has 7 nitrogen and oxygen atoms in total. The van der Waals surface area contributed by atoms with E-state index >= 15 is 0 Å². The van der Waals surface area contributed by atoms with Crippen LogP contribution in [0.25, 0.3) is 0 Å². The molecule has 104 valence electrons. The van der Waals surface area contributed by atoms with E-state index in [1.807, 2.05) is 19.9 Å². The Hall–Kier alpha value is -2.22. The van der Waals surface area contributed by atoms with Crippen molar-refractivity contribution in [3.05, 3.63) is 28.4 Å². The van der Waals surface area contributed by atoms with Gasteiger partial charge in [0.1, 0.15) is 0 Å². The van der Waals surface area contributed by atoms with E-state index in [4.69, 9.17) is 0 Å². The van der Waals surface area contributed by atoms with Crippen LogP contribution in [0.2, 0.25) is 0 Å². The maximum absolute atomic E-state index is 11.6. The van der Waals surface area contributed by atoms with Gasteiger partial charge in [-0.25, -0.2) is 14.8 Å². The van der Waals surface area contributed by atoms with E-state index in [-0.39, 0.29) is 10.9 Å². The lowest BCUT2D eigenvalue weighted by Crippen LogP contribution is -2.19. The van der Waals surface area contributed by atoms with Gasteiger partial charge < -0.3 is 10.1 Å². The standard InChI is InChI=1S/C12H12N4O3S/c1-6-4-7(2)14-11(13-6)16-12-15-10(18)8(20-12)5-9(17)19-3/h4-5H,1-3H3,(H,13,14,15,16,18)/b8-5+. The third-order valence-electron chi connectivity index (χ3n) is 2.27. The predicted molar refractivity (Wildman–Crippen MR) is 74.4 cm³/mol. The van der Waals surface area contributed by atoms with Crippen molar-refractivity contribution >= 4 is 34.8 Å². The zero-order valence-corrected chi connectivity index (χ0v) is 11.9. The molecule has 1 aromatic rings. The van der Waals surface area contributed by atoms with Gasteiger partial charge in [-0.2, -0.15) is 4.99 Å². The summed E-state index contributed by atoms with van der Waals surface area (Å²) in [6, 6.07) is 1.83. The number of hydrogen-bond acceptors (Lipinski definition) is 7. The minimum atomic E-state index is -0.591. The van der Waals surface area contributed by atoms with Crippen molar-refractivity contribution in [1.82, 2.24) is 15.3 Å². The van der Waals surface area contributed by atoms with Gasteiger partial charge >= 0.3 is 5.97 Å². The van der Waals surface area contributed by atoms with Gasteiger partial charge in [0.15, 0.2) is 5.17 Å². The van der Waals surface area contributed by atoms with Crippen LogP contribution in [0, 0.1) is 13.8 Å². The molecule has 0 saturated carbocycles. The van der Waals surface area contributed by atoms with Crippen molar-refractivity contribution < 1.29 is 14.3 Å². The van der Waals surface area contributed by atoms with Crippen LogP contribution in [0.4, 0.5) is 5.95 Å². The molecule has 1 N–H and O–H groups in total. The number of hydrogen-bond donors (Lipinski definition) is 1. The number of rotatable bonds is 2. The second kappa shape index (κ2) is 5.83. The van der Waals surface area contributed by atoms with Gasteiger partial charge in [-0.1, -0.05) is 0 Å². The van der Waals surface area contributed by atoms with Gasteiger partial charge in [0.25, 0.3) is 11.9 Å². The van der Waals surface area contributed by atoms with Crippen LogP contribution in [0.3, 0.4) is 0 Å². The predicted octanol–water partition coefficient (Wildman–Crippen LogP) is 1.00. The summed E-state index contributed by atoms with van der Waals surface area (Å²) in [5, 5.41) is 2.87. The molecular formula is C12H12N4O3S. The number of thioether (sulfide) groups is 1. The number of methoxy groups -OCH3 is 1. The summed E-state index contributed by atoms with van der Waals surface area (Å²) in [6.07, 6.45) is 1.12. The van der Waals surface area contributed by atoms with Crippen molar-refractivity contribution in [3.8, 4) is 0 Å². The highest BCUT2D eigenvalue weighted by Gasteiger charge is 2.25. The van der Waals surface area contributed by atoms with Gasteiger partial charge in [0, 0.05) is 17.5 Å². The van der Waals surface area contributed by atoms with Gasteiger partial charge in [0.2, 0.25) is 0 Å². The zero-order chi connectivity index (χ0) is 14.7. The number of carbonyl (C=O) groups excluding carboxylic acids is 2. The summed E-state index contributed by atoms with van der Waals surface area (Å²) in [4.78, 5) is 35.4. The number of nitrogens with one attached hydrogen (secondary N) is 1. The van der Waals surface area contributed by atoms with Crippen molar-refractivity contribution in [2.75, 3.05) is 7.11 Å². The SMILES string of the molecule is COC(=O)/C=C1/SC(=Nc2nc(C)cc(C)n2)NC1=O. The van der Waals surface area contributed by atoms with Crippen molar-refractivity contribution in [1.29, 1.82) is 0 Å². The smallest absolute Gasteiger partial charge is 0.331 e. The van der Waals surface area contributed by atoms with Crippen LogP contribution in [0.1, 0.15) is 11.4 Å². The van der Waals surface area contributed by atoms with E-state index in [0.29, 0.717) is 5.17 Å². The van der Waals surface area contributed by atoms with Crippen LogP contribution >= 0.6 is 11.8 Å². The van der Waals surface area contributed by atoms with E-state index in [2.05, 4.69) is 25.0 Å². The second-order valence-electron chi connectivity index (χ2n) is 3.96. The summed E-state index contributed by atoms with van der Waals surface area (Å²) < 4.78 is 4.47. The third-order valence-corrected chi connectivity index (χ3v) is 3.18. The van der Waals surface area contributed by atoms with E-state index in [9.17, 15) is 9.59 Å². The molecule has 2 rings (SSSR count). The Morgan fingerprint density at radius 1 is 1.40 bits per heavy atom. The van der Waals surface area contributed by atoms with Crippen molar-refractivity contribution in [2.45, 2.75) is 13.8 Å². The van der Waals surface area contributed by atoms with Gasteiger partial charge in [0.05, 0.1) is 12.0 Å². The molecule has 0 aliphatic carbocycles. The average Bonchev–Trinajstić information content (AvgIpc) is 2.68. The number of aromatic nitrogens is 2. The van der Waals surface area contributed by atoms with Crippen molar-refractivity contribution in [3.63, 3.8) is 0 Å². The molecule has 1 aromatic heterocycles. The molecule has 2 heterocycles. The van der Waals surface area contributed by atoms with Gasteiger partial charge in [-0.3, -0.25) is 4.79 Å². The Labute approximate surface area is 119 Å². The fourth-order valence-electron chi connectivity index (χ4n) is 1.49. The van der Waals surface area contributed by atoms with Gasteiger partial charge in [-0.15, -0.1) is 0 Å². The molecular weight excluding hydrogens is 280 g/mol. The Bertz CT molecular complexity index is 619. The number of nitrogens with zero attached hydrogens (tertiary/aromatic N) is 3. The minimum Gasteiger partial charge on any atom is -0.466 e. The number of ether oxygens (including phenoxy) is 1. The molecule has 0 radical (unpaired) electrons. The molecule has 0 aromatic carbocycles. The Morgan fingerprint density at radius 3 is 2.65 bits per heavy atom. The highest BCUT2D eigenvalue weighted by molar-refractivity contribution is 8.18. The average molecular weight is 292 g/mol. The number of amides is 1. The lowest BCUT2D eigenvalue weighted by molar-refractivity contribution is -0.135. The lowest BCUT2D eigenvalue weighted by Gasteiger charge is -1.98. The van der Waals surface area contributed by atoms with E-state index in [0.717, 1.165) is 29.2 Å². The topological polar surface area (TPSA) is 93.5 Å². The number of carbonyl (C=O) groups is 2. The fourth-order valence-corrected chi connectivity index (χ4v) is 2.27. The Morgan fingerprint density at radius 2 is 2.05 bits per heavy atom.